The maximum absolute atomic E-state index is 14.3. The van der Waals surface area contributed by atoms with Crippen molar-refractivity contribution < 1.29 is 12.4 Å². The Morgan fingerprint density at radius 2 is 0.472 bits per heavy atom. The average molecular weight is 789 g/mol. The van der Waals surface area contributed by atoms with Gasteiger partial charge in [0.2, 0.25) is 0 Å². The van der Waals surface area contributed by atoms with Gasteiger partial charge < -0.3 is 0 Å². The van der Waals surface area contributed by atoms with Crippen LogP contribution in [0.3, 0.4) is 0 Å². The van der Waals surface area contributed by atoms with E-state index in [0.717, 1.165) is 63.2 Å². The number of hydrogen-bond acceptors (Lipinski definition) is 3. The molecule has 0 N–H and O–H groups in total. The van der Waals surface area contributed by atoms with E-state index in [1.165, 1.54) is 205 Å². The monoisotopic (exact) mass is 789 g/mol. The second kappa shape index (κ2) is 37.9. The van der Waals surface area contributed by atoms with Crippen LogP contribution in [-0.2, 0) is 14.1 Å². The first-order valence-corrected chi connectivity index (χ1v) is 29.2. The zero-order valence-electron chi connectivity index (χ0n) is 37.5. The Bertz CT molecular complexity index is 768. The molecule has 0 bridgehead atoms. The van der Waals surface area contributed by atoms with Crippen LogP contribution >= 0.6 is 6.83 Å². The van der Waals surface area contributed by atoms with Gasteiger partial charge in [0.05, 0.1) is 0 Å². The Morgan fingerprint density at radius 3 is 0.698 bits per heavy atom. The molecule has 0 amide bonds. The van der Waals surface area contributed by atoms with E-state index in [1.807, 2.05) is 0 Å². The maximum atomic E-state index is 14.3. The second-order valence-corrected chi connectivity index (χ2v) is 25.4. The van der Waals surface area contributed by atoms with Gasteiger partial charge in [0, 0.05) is 0 Å². The molecule has 0 atom stereocenters. The van der Waals surface area contributed by atoms with Crippen molar-refractivity contribution in [2.45, 2.75) is 279 Å². The first-order chi connectivity index (χ1) is 25.8. The van der Waals surface area contributed by atoms with Crippen molar-refractivity contribution in [3.05, 3.63) is 0 Å². The van der Waals surface area contributed by atoms with Gasteiger partial charge in [-0.05, 0) is 0 Å². The quantitative estimate of drug-likeness (QED) is 0.0456. The third kappa shape index (κ3) is 32.0. The molecular weight excluding hydrogens is 688 g/mol. The van der Waals surface area contributed by atoms with E-state index in [-0.39, 0.29) is 5.75 Å². The van der Waals surface area contributed by atoms with Crippen molar-refractivity contribution in [2.24, 2.45) is 0 Å². The van der Waals surface area contributed by atoms with Crippen LogP contribution in [0.25, 0.3) is 0 Å². The summed E-state index contributed by atoms with van der Waals surface area (Å²) in [5.41, 5.74) is 0. The van der Waals surface area contributed by atoms with E-state index in [2.05, 4.69) is 34.6 Å². The van der Waals surface area contributed by atoms with Gasteiger partial charge in [-0.3, -0.25) is 0 Å². The molecule has 0 aromatic rings. The molecule has 0 radical (unpaired) electrons. The van der Waals surface area contributed by atoms with Crippen LogP contribution in [0, 0.1) is 0 Å². The fourth-order valence-corrected chi connectivity index (χ4v) is 18.9. The summed E-state index contributed by atoms with van der Waals surface area (Å²) < 4.78 is 35.7. The Hall–Kier alpha value is 0.340. The van der Waals surface area contributed by atoms with Crippen molar-refractivity contribution in [3.8, 4) is 0 Å². The molecule has 0 aromatic heterocycles. The van der Waals surface area contributed by atoms with Gasteiger partial charge in [-0.1, -0.05) is 39.0 Å². The predicted octanol–water partition coefficient (Wildman–Crippen LogP) is 17.7. The minimum atomic E-state index is -3.56. The molecule has 322 valence electrons. The summed E-state index contributed by atoms with van der Waals surface area (Å²) >= 11 is 0. The second-order valence-electron chi connectivity index (χ2n) is 17.8. The molecule has 0 aromatic carbocycles. The minimum absolute atomic E-state index is 0.239. The van der Waals surface area contributed by atoms with Crippen LogP contribution in [0.2, 0.25) is 0 Å². The third-order valence-electron chi connectivity index (χ3n) is 12.4. The molecule has 0 rings (SSSR count). The van der Waals surface area contributed by atoms with Crippen molar-refractivity contribution in [1.82, 2.24) is 0 Å². The van der Waals surface area contributed by atoms with E-state index < -0.39 is 16.9 Å². The van der Waals surface area contributed by atoms with Gasteiger partial charge in [0.25, 0.3) is 0 Å². The normalized spacial score (nSPS) is 13.1. The third-order valence-corrected chi connectivity index (χ3v) is 21.6. The van der Waals surface area contributed by atoms with Crippen molar-refractivity contribution in [3.63, 3.8) is 0 Å². The van der Waals surface area contributed by atoms with Crippen LogP contribution in [0.5, 0.6) is 0 Å². The summed E-state index contributed by atoms with van der Waals surface area (Å²) in [6.07, 6.45) is 52.7. The first-order valence-electron chi connectivity index (χ1n) is 24.8. The molecule has 0 aliphatic heterocycles. The van der Waals surface area contributed by atoms with Crippen molar-refractivity contribution >= 4 is 16.9 Å². The van der Waals surface area contributed by atoms with Gasteiger partial charge in [-0.25, -0.2) is 0 Å². The molecule has 5 heteroatoms. The van der Waals surface area contributed by atoms with E-state index >= 15 is 0 Å². The predicted molar refractivity (Wildman–Crippen MR) is 245 cm³/mol. The Balaban J connectivity index is 5.71. The van der Waals surface area contributed by atoms with E-state index in [0.29, 0.717) is 0 Å². The Kier molecular flexibility index (Phi) is 38.1. The summed E-state index contributed by atoms with van der Waals surface area (Å²) in [6, 6.07) is 0. The molecule has 0 spiro atoms. The summed E-state index contributed by atoms with van der Waals surface area (Å²) in [4.78, 5) is 0. The van der Waals surface area contributed by atoms with Crippen LogP contribution in [0.15, 0.2) is 0 Å². The number of hydrogen-bond donors (Lipinski definition) is 0. The first kappa shape index (κ1) is 53.3. The summed E-state index contributed by atoms with van der Waals surface area (Å²) in [5.74, 6) is 0.239. The molecule has 3 nitrogen and oxygen atoms in total. The molecule has 0 saturated heterocycles. The molecule has 53 heavy (non-hydrogen) atoms. The molecular formula is C48H101O3PS. The molecule has 0 aliphatic rings. The van der Waals surface area contributed by atoms with Gasteiger partial charge in [-0.15, -0.1) is 0 Å². The molecule has 0 heterocycles. The van der Waals surface area contributed by atoms with Crippen molar-refractivity contribution in [2.75, 3.05) is 30.4 Å². The average Bonchev–Trinajstić information content (AvgIpc) is 3.14. The molecule has 0 saturated carbocycles. The summed E-state index contributed by atoms with van der Waals surface area (Å²) in [5, 5.41) is 0. The molecule has 0 fully saturated rings. The standard InChI is InChI=1S/C48H101O3PS/c1-6-11-16-21-26-27-28-29-30-31-32-33-38-43-48-53(49,50)51-52(44-39-34-22-17-12-7-2,45-40-35-23-18-13-8-3,46-41-36-24-19-14-9-4)47-42-37-25-20-15-10-5/h6-48H2,1-5H3. The fraction of sp³-hybridized carbons (Fsp3) is 1.00. The Labute approximate surface area is 337 Å². The van der Waals surface area contributed by atoms with E-state index in [4.69, 9.17) is 3.97 Å². The van der Waals surface area contributed by atoms with E-state index in [1.54, 1.807) is 0 Å². The number of unbranched alkanes of at least 4 members (excludes halogenated alkanes) is 33. The van der Waals surface area contributed by atoms with Gasteiger partial charge >= 0.3 is 299 Å². The van der Waals surface area contributed by atoms with Gasteiger partial charge in [-0.2, -0.15) is 0 Å². The molecule has 0 aliphatic carbocycles. The SMILES string of the molecule is CCCCCCCCCCCCCCCCS(=O)(=O)OP(CCCCCCCC)(CCCCCCCC)(CCCCCCCC)CCCCCCCC. The van der Waals surface area contributed by atoms with E-state index in [9.17, 15) is 8.42 Å². The molecule has 0 unspecified atom stereocenters. The zero-order chi connectivity index (χ0) is 39.1. The van der Waals surface area contributed by atoms with Crippen molar-refractivity contribution in [1.29, 1.82) is 0 Å². The van der Waals surface area contributed by atoms with Crippen LogP contribution < -0.4 is 0 Å². The summed E-state index contributed by atoms with van der Waals surface area (Å²) in [7, 11) is -3.56. The number of rotatable bonds is 45. The van der Waals surface area contributed by atoms with Gasteiger partial charge in [0.15, 0.2) is 0 Å². The van der Waals surface area contributed by atoms with Crippen LogP contribution in [-0.4, -0.2) is 38.8 Å². The topological polar surface area (TPSA) is 43.4 Å². The van der Waals surface area contributed by atoms with Gasteiger partial charge in [0.1, 0.15) is 0 Å². The summed E-state index contributed by atoms with van der Waals surface area (Å²) in [6.45, 7) is 8.51. The van der Waals surface area contributed by atoms with Crippen LogP contribution in [0.4, 0.5) is 0 Å². The Morgan fingerprint density at radius 1 is 0.283 bits per heavy atom. The zero-order valence-corrected chi connectivity index (χ0v) is 39.2. The van der Waals surface area contributed by atoms with Crippen LogP contribution in [0.1, 0.15) is 279 Å². The fourth-order valence-electron chi connectivity index (χ4n) is 8.82.